The minimum Gasteiger partial charge on any atom is -0.444 e. The molecule has 1 aliphatic rings. The Morgan fingerprint density at radius 3 is 2.38 bits per heavy atom. The molecule has 0 saturated carbocycles. The van der Waals surface area contributed by atoms with Crippen molar-refractivity contribution in [2.75, 3.05) is 13.1 Å². The van der Waals surface area contributed by atoms with Gasteiger partial charge in [-0.3, -0.25) is 0 Å². The van der Waals surface area contributed by atoms with E-state index >= 15 is 0 Å². The van der Waals surface area contributed by atoms with Gasteiger partial charge in [-0.05, 0) is 68.4 Å². The van der Waals surface area contributed by atoms with E-state index in [1.165, 1.54) is 0 Å². The summed E-state index contributed by atoms with van der Waals surface area (Å²) in [5.41, 5.74) is 9.92. The number of nitrogens with zero attached hydrogens (tertiary/aromatic N) is 2. The van der Waals surface area contributed by atoms with Gasteiger partial charge in [0.05, 0.1) is 11.6 Å². The van der Waals surface area contributed by atoms with Crippen LogP contribution < -0.4 is 5.73 Å². The molecule has 152 valence electrons. The van der Waals surface area contributed by atoms with Crippen LogP contribution in [0.5, 0.6) is 0 Å². The summed E-state index contributed by atoms with van der Waals surface area (Å²) in [6.45, 7) is 6.99. The van der Waals surface area contributed by atoms with Gasteiger partial charge in [0.2, 0.25) is 0 Å². The molecule has 0 spiro atoms. The highest BCUT2D eigenvalue weighted by molar-refractivity contribution is 5.68. The van der Waals surface area contributed by atoms with Crippen LogP contribution >= 0.6 is 0 Å². The fraction of sp³-hybridized carbons (Fsp3) is 0.417. The van der Waals surface area contributed by atoms with Gasteiger partial charge in [0, 0.05) is 19.1 Å². The highest BCUT2D eigenvalue weighted by Gasteiger charge is 2.29. The summed E-state index contributed by atoms with van der Waals surface area (Å²) in [6.07, 6.45) is 1.49. The SMILES string of the molecule is CC(C)(C)OC(=O)N1CCC(C(N)c2ccc(-c3cccc(C#N)c3)cc2)CC1. The van der Waals surface area contributed by atoms with Gasteiger partial charge in [-0.2, -0.15) is 5.26 Å². The second-order valence-electron chi connectivity index (χ2n) is 8.65. The third-order valence-electron chi connectivity index (χ3n) is 5.32. The average molecular weight is 392 g/mol. The smallest absolute Gasteiger partial charge is 0.410 e. The zero-order valence-electron chi connectivity index (χ0n) is 17.4. The summed E-state index contributed by atoms with van der Waals surface area (Å²) in [5.74, 6) is 0.335. The van der Waals surface area contributed by atoms with Gasteiger partial charge in [0.15, 0.2) is 0 Å². The Labute approximate surface area is 173 Å². The van der Waals surface area contributed by atoms with E-state index < -0.39 is 5.60 Å². The molecule has 0 aliphatic carbocycles. The number of carbonyl (C=O) groups excluding carboxylic acids is 1. The molecule has 1 fully saturated rings. The molecular weight excluding hydrogens is 362 g/mol. The molecule has 5 heteroatoms. The Kier molecular flexibility index (Phi) is 6.24. The van der Waals surface area contributed by atoms with Crippen LogP contribution in [0, 0.1) is 17.2 Å². The number of piperidine rings is 1. The van der Waals surface area contributed by atoms with E-state index in [0.717, 1.165) is 29.5 Å². The monoisotopic (exact) mass is 391 g/mol. The van der Waals surface area contributed by atoms with Gasteiger partial charge in [0.1, 0.15) is 5.60 Å². The third-order valence-corrected chi connectivity index (χ3v) is 5.32. The first-order chi connectivity index (χ1) is 13.8. The van der Waals surface area contributed by atoms with Crippen molar-refractivity contribution >= 4 is 6.09 Å². The fourth-order valence-corrected chi connectivity index (χ4v) is 3.71. The maximum Gasteiger partial charge on any atom is 0.410 e. The minimum absolute atomic E-state index is 0.0599. The molecular formula is C24H29N3O2. The van der Waals surface area contributed by atoms with Crippen LogP contribution in [0.4, 0.5) is 4.79 Å². The molecule has 5 nitrogen and oxygen atoms in total. The molecule has 1 unspecified atom stereocenters. The fourth-order valence-electron chi connectivity index (χ4n) is 3.71. The van der Waals surface area contributed by atoms with Crippen molar-refractivity contribution in [2.24, 2.45) is 11.7 Å². The number of nitrogens with two attached hydrogens (primary N) is 1. The standard InChI is InChI=1S/C24H29N3O2/c1-24(2,3)29-23(28)27-13-11-20(12-14-27)22(26)19-9-7-18(8-10-19)21-6-4-5-17(15-21)16-25/h4-10,15,20,22H,11-14,26H2,1-3H3. The van der Waals surface area contributed by atoms with Gasteiger partial charge in [-0.1, -0.05) is 36.4 Å². The molecule has 1 atom stereocenters. The number of amides is 1. The molecule has 2 aromatic rings. The molecule has 1 saturated heterocycles. The number of nitriles is 1. The van der Waals surface area contributed by atoms with Crippen molar-refractivity contribution in [1.82, 2.24) is 4.90 Å². The van der Waals surface area contributed by atoms with Crippen LogP contribution in [-0.4, -0.2) is 29.7 Å². The van der Waals surface area contributed by atoms with Crippen LogP contribution in [0.25, 0.3) is 11.1 Å². The van der Waals surface area contributed by atoms with Crippen molar-refractivity contribution in [3.63, 3.8) is 0 Å². The molecule has 0 radical (unpaired) electrons. The maximum absolute atomic E-state index is 12.2. The van der Waals surface area contributed by atoms with Crippen LogP contribution in [0.1, 0.15) is 50.8 Å². The third kappa shape index (κ3) is 5.36. The first-order valence-electron chi connectivity index (χ1n) is 10.1. The maximum atomic E-state index is 12.2. The second-order valence-corrected chi connectivity index (χ2v) is 8.65. The van der Waals surface area contributed by atoms with E-state index in [1.807, 2.05) is 39.0 Å². The van der Waals surface area contributed by atoms with Crippen molar-refractivity contribution in [3.05, 3.63) is 59.7 Å². The van der Waals surface area contributed by atoms with E-state index in [2.05, 4.69) is 30.3 Å². The quantitative estimate of drug-likeness (QED) is 0.809. The highest BCUT2D eigenvalue weighted by atomic mass is 16.6. The number of rotatable bonds is 3. The minimum atomic E-state index is -0.473. The van der Waals surface area contributed by atoms with Gasteiger partial charge >= 0.3 is 6.09 Å². The van der Waals surface area contributed by atoms with Gasteiger partial charge < -0.3 is 15.4 Å². The topological polar surface area (TPSA) is 79.3 Å². The predicted molar refractivity (Wildman–Crippen MR) is 114 cm³/mol. The number of likely N-dealkylation sites (tertiary alicyclic amines) is 1. The lowest BCUT2D eigenvalue weighted by molar-refractivity contribution is 0.0174. The molecule has 1 heterocycles. The van der Waals surface area contributed by atoms with Crippen LogP contribution in [-0.2, 0) is 4.74 Å². The highest BCUT2D eigenvalue weighted by Crippen LogP contribution is 2.31. The molecule has 3 rings (SSSR count). The van der Waals surface area contributed by atoms with E-state index in [1.54, 1.807) is 11.0 Å². The second kappa shape index (κ2) is 8.67. The summed E-state index contributed by atoms with van der Waals surface area (Å²) in [5, 5.41) is 9.08. The number of carbonyl (C=O) groups is 1. The van der Waals surface area contributed by atoms with Crippen LogP contribution in [0.15, 0.2) is 48.5 Å². The van der Waals surface area contributed by atoms with Gasteiger partial charge in [0.25, 0.3) is 0 Å². The summed E-state index contributed by atoms with van der Waals surface area (Å²) in [6, 6.07) is 18.0. The number of hydrogen-bond acceptors (Lipinski definition) is 4. The Balaban J connectivity index is 1.61. The van der Waals surface area contributed by atoms with Gasteiger partial charge in [-0.25, -0.2) is 4.79 Å². The lowest BCUT2D eigenvalue weighted by atomic mass is 9.85. The summed E-state index contributed by atoms with van der Waals surface area (Å²) in [4.78, 5) is 14.0. The van der Waals surface area contributed by atoms with E-state index in [-0.39, 0.29) is 12.1 Å². The van der Waals surface area contributed by atoms with Crippen molar-refractivity contribution in [2.45, 2.75) is 45.3 Å². The Morgan fingerprint density at radius 1 is 1.14 bits per heavy atom. The molecule has 0 bridgehead atoms. The lowest BCUT2D eigenvalue weighted by Crippen LogP contribution is -2.43. The van der Waals surface area contributed by atoms with E-state index in [9.17, 15) is 4.79 Å². The molecule has 1 aliphatic heterocycles. The van der Waals surface area contributed by atoms with Crippen molar-refractivity contribution in [3.8, 4) is 17.2 Å². The summed E-state index contributed by atoms with van der Waals surface area (Å²) < 4.78 is 5.46. The zero-order chi connectivity index (χ0) is 21.0. The predicted octanol–water partition coefficient (Wildman–Crippen LogP) is 4.87. The van der Waals surface area contributed by atoms with Crippen molar-refractivity contribution < 1.29 is 9.53 Å². The summed E-state index contributed by atoms with van der Waals surface area (Å²) >= 11 is 0. The first-order valence-corrected chi connectivity index (χ1v) is 10.1. The molecule has 2 aromatic carbocycles. The van der Waals surface area contributed by atoms with E-state index in [0.29, 0.717) is 24.6 Å². The average Bonchev–Trinajstić information content (AvgIpc) is 2.72. The van der Waals surface area contributed by atoms with Crippen molar-refractivity contribution in [1.29, 1.82) is 5.26 Å². The lowest BCUT2D eigenvalue weighted by Gasteiger charge is -2.35. The Morgan fingerprint density at radius 2 is 1.79 bits per heavy atom. The molecule has 29 heavy (non-hydrogen) atoms. The van der Waals surface area contributed by atoms with E-state index in [4.69, 9.17) is 15.7 Å². The molecule has 1 amide bonds. The normalized spacial score (nSPS) is 16.2. The van der Waals surface area contributed by atoms with Gasteiger partial charge in [-0.15, -0.1) is 0 Å². The zero-order valence-corrected chi connectivity index (χ0v) is 17.4. The number of benzene rings is 2. The molecule has 2 N–H and O–H groups in total. The Hall–Kier alpha value is -2.84. The molecule has 0 aromatic heterocycles. The first kappa shape index (κ1) is 20.9. The number of hydrogen-bond donors (Lipinski definition) is 1. The Bertz CT molecular complexity index is 886. The summed E-state index contributed by atoms with van der Waals surface area (Å²) in [7, 11) is 0. The van der Waals surface area contributed by atoms with Crippen LogP contribution in [0.2, 0.25) is 0 Å². The largest absolute Gasteiger partial charge is 0.444 e. The number of ether oxygens (including phenoxy) is 1. The van der Waals surface area contributed by atoms with Crippen LogP contribution in [0.3, 0.4) is 0 Å².